The van der Waals surface area contributed by atoms with Crippen molar-refractivity contribution in [3.8, 4) is 0 Å². The minimum absolute atomic E-state index is 0.353. The van der Waals surface area contributed by atoms with Crippen LogP contribution in [0.5, 0.6) is 0 Å². The van der Waals surface area contributed by atoms with E-state index in [-0.39, 0.29) is 0 Å². The molecular formula is C18H26N2O3. The molecule has 0 radical (unpaired) electrons. The van der Waals surface area contributed by atoms with E-state index in [2.05, 4.69) is 10.1 Å². The lowest BCUT2D eigenvalue weighted by Gasteiger charge is -2.31. The van der Waals surface area contributed by atoms with Gasteiger partial charge < -0.3 is 14.0 Å². The van der Waals surface area contributed by atoms with Crippen LogP contribution in [0.15, 0.2) is 27.3 Å². The lowest BCUT2D eigenvalue weighted by molar-refractivity contribution is 0.0828. The highest BCUT2D eigenvalue weighted by Gasteiger charge is 2.26. The molecule has 0 unspecified atom stereocenters. The van der Waals surface area contributed by atoms with E-state index in [1.807, 2.05) is 26.0 Å². The molecule has 1 fully saturated rings. The Morgan fingerprint density at radius 3 is 2.91 bits per heavy atom. The number of furan rings is 1. The first-order chi connectivity index (χ1) is 11.1. The summed E-state index contributed by atoms with van der Waals surface area (Å²) in [5, 5.41) is 14.5. The molecule has 0 spiro atoms. The minimum Gasteiger partial charge on any atom is -0.467 e. The van der Waals surface area contributed by atoms with Crippen molar-refractivity contribution >= 4 is 0 Å². The van der Waals surface area contributed by atoms with Crippen LogP contribution in [0.25, 0.3) is 0 Å². The third-order valence-corrected chi connectivity index (χ3v) is 4.91. The van der Waals surface area contributed by atoms with Gasteiger partial charge in [0.25, 0.3) is 0 Å². The molecule has 2 atom stereocenters. The molecule has 5 heteroatoms. The van der Waals surface area contributed by atoms with Crippen molar-refractivity contribution in [3.05, 3.63) is 41.2 Å². The molecule has 0 bridgehead atoms. The SMILES string of the molecule is Cc1noc(C)c1CN1CCCCC[C@H]1C[C@@H](O)c1ccco1. The molecular weight excluding hydrogens is 292 g/mol. The number of aromatic nitrogens is 1. The number of likely N-dealkylation sites (tertiary alicyclic amines) is 1. The number of aliphatic hydroxyl groups excluding tert-OH is 1. The lowest BCUT2D eigenvalue weighted by atomic mass is 10.0. The zero-order valence-corrected chi connectivity index (χ0v) is 14.0. The molecule has 2 aromatic heterocycles. The molecule has 126 valence electrons. The highest BCUT2D eigenvalue weighted by atomic mass is 16.5. The smallest absolute Gasteiger partial charge is 0.138 e. The highest BCUT2D eigenvalue weighted by molar-refractivity contribution is 5.20. The first-order valence-electron chi connectivity index (χ1n) is 8.52. The second kappa shape index (κ2) is 7.32. The van der Waals surface area contributed by atoms with Crippen LogP contribution in [0.4, 0.5) is 0 Å². The van der Waals surface area contributed by atoms with E-state index >= 15 is 0 Å². The van der Waals surface area contributed by atoms with Gasteiger partial charge in [-0.1, -0.05) is 18.0 Å². The second-order valence-corrected chi connectivity index (χ2v) is 6.54. The van der Waals surface area contributed by atoms with Crippen LogP contribution in [0.1, 0.15) is 61.0 Å². The normalized spacial score (nSPS) is 21.3. The number of aryl methyl sites for hydroxylation is 2. The van der Waals surface area contributed by atoms with Crippen LogP contribution in [0.3, 0.4) is 0 Å². The van der Waals surface area contributed by atoms with Gasteiger partial charge in [-0.3, -0.25) is 4.90 Å². The molecule has 3 rings (SSSR count). The Kier molecular flexibility index (Phi) is 5.18. The average molecular weight is 318 g/mol. The van der Waals surface area contributed by atoms with Gasteiger partial charge in [-0.05, 0) is 51.8 Å². The third-order valence-electron chi connectivity index (χ3n) is 4.91. The summed E-state index contributed by atoms with van der Waals surface area (Å²) in [6.45, 7) is 5.87. The molecule has 23 heavy (non-hydrogen) atoms. The Morgan fingerprint density at radius 1 is 1.35 bits per heavy atom. The third kappa shape index (κ3) is 3.85. The summed E-state index contributed by atoms with van der Waals surface area (Å²) in [4.78, 5) is 2.48. The van der Waals surface area contributed by atoms with Crippen molar-refractivity contribution in [1.82, 2.24) is 10.1 Å². The van der Waals surface area contributed by atoms with Gasteiger partial charge in [-0.25, -0.2) is 0 Å². The lowest BCUT2D eigenvalue weighted by Crippen LogP contribution is -2.35. The quantitative estimate of drug-likeness (QED) is 0.909. The van der Waals surface area contributed by atoms with Crippen molar-refractivity contribution in [2.75, 3.05) is 6.54 Å². The van der Waals surface area contributed by atoms with Gasteiger partial charge in [0.2, 0.25) is 0 Å². The van der Waals surface area contributed by atoms with Gasteiger partial charge in [-0.2, -0.15) is 0 Å². The van der Waals surface area contributed by atoms with Gasteiger partial charge >= 0.3 is 0 Å². The summed E-state index contributed by atoms with van der Waals surface area (Å²) >= 11 is 0. The Bertz CT molecular complexity index is 586. The van der Waals surface area contributed by atoms with Crippen molar-refractivity contribution in [2.24, 2.45) is 0 Å². The summed E-state index contributed by atoms with van der Waals surface area (Å²) in [5.41, 5.74) is 2.15. The highest BCUT2D eigenvalue weighted by Crippen LogP contribution is 2.28. The Balaban J connectivity index is 1.72. The number of hydrogen-bond acceptors (Lipinski definition) is 5. The monoisotopic (exact) mass is 318 g/mol. The second-order valence-electron chi connectivity index (χ2n) is 6.54. The van der Waals surface area contributed by atoms with Crippen molar-refractivity contribution < 1.29 is 14.0 Å². The topological polar surface area (TPSA) is 62.6 Å². The fourth-order valence-electron chi connectivity index (χ4n) is 3.50. The van der Waals surface area contributed by atoms with Crippen molar-refractivity contribution in [3.63, 3.8) is 0 Å². The van der Waals surface area contributed by atoms with E-state index in [0.29, 0.717) is 18.2 Å². The average Bonchev–Trinajstić information content (AvgIpc) is 3.11. The summed E-state index contributed by atoms with van der Waals surface area (Å²) in [5.74, 6) is 1.56. The van der Waals surface area contributed by atoms with E-state index in [1.165, 1.54) is 24.8 Å². The molecule has 0 saturated carbocycles. The predicted octanol–water partition coefficient (Wildman–Crippen LogP) is 3.75. The van der Waals surface area contributed by atoms with E-state index in [4.69, 9.17) is 8.94 Å². The molecule has 0 aliphatic carbocycles. The van der Waals surface area contributed by atoms with Gasteiger partial charge in [0.15, 0.2) is 0 Å². The van der Waals surface area contributed by atoms with E-state index in [0.717, 1.165) is 31.0 Å². The molecule has 0 aromatic carbocycles. The molecule has 0 amide bonds. The van der Waals surface area contributed by atoms with E-state index < -0.39 is 6.10 Å². The maximum absolute atomic E-state index is 10.5. The zero-order chi connectivity index (χ0) is 16.2. The molecule has 1 aliphatic rings. The maximum atomic E-state index is 10.5. The number of rotatable bonds is 5. The van der Waals surface area contributed by atoms with E-state index in [1.54, 1.807) is 6.26 Å². The van der Waals surface area contributed by atoms with Gasteiger partial charge in [0, 0.05) is 18.2 Å². The predicted molar refractivity (Wildman–Crippen MR) is 86.9 cm³/mol. The largest absolute Gasteiger partial charge is 0.467 e. The van der Waals surface area contributed by atoms with Crippen LogP contribution in [0, 0.1) is 13.8 Å². The fraction of sp³-hybridized carbons (Fsp3) is 0.611. The summed E-state index contributed by atoms with van der Waals surface area (Å²) < 4.78 is 10.7. The Morgan fingerprint density at radius 2 is 2.22 bits per heavy atom. The van der Waals surface area contributed by atoms with Crippen LogP contribution in [0.2, 0.25) is 0 Å². The van der Waals surface area contributed by atoms with Crippen LogP contribution < -0.4 is 0 Å². The molecule has 1 saturated heterocycles. The summed E-state index contributed by atoms with van der Waals surface area (Å²) in [6.07, 6.45) is 6.57. The maximum Gasteiger partial charge on any atom is 0.138 e. The molecule has 2 aromatic rings. The standard InChI is InChI=1S/C18H26N2O3/c1-13-16(14(2)23-19-13)12-20-9-5-3-4-7-15(20)11-17(21)18-8-6-10-22-18/h6,8,10,15,17,21H,3-5,7,9,11-12H2,1-2H3/t15-,17+/m0/s1. The van der Waals surface area contributed by atoms with Crippen LogP contribution in [-0.2, 0) is 6.54 Å². The van der Waals surface area contributed by atoms with Crippen LogP contribution in [-0.4, -0.2) is 27.7 Å². The van der Waals surface area contributed by atoms with Crippen LogP contribution >= 0.6 is 0 Å². The Hall–Kier alpha value is -1.59. The Labute approximate surface area is 137 Å². The fourth-order valence-corrected chi connectivity index (χ4v) is 3.50. The van der Waals surface area contributed by atoms with Gasteiger partial charge in [0.05, 0.1) is 12.0 Å². The minimum atomic E-state index is -0.541. The van der Waals surface area contributed by atoms with E-state index in [9.17, 15) is 5.11 Å². The first kappa shape index (κ1) is 16.3. The number of nitrogens with zero attached hydrogens (tertiary/aromatic N) is 2. The molecule has 3 heterocycles. The molecule has 1 aliphatic heterocycles. The first-order valence-corrected chi connectivity index (χ1v) is 8.52. The number of hydrogen-bond donors (Lipinski definition) is 1. The van der Waals surface area contributed by atoms with Crippen molar-refractivity contribution in [1.29, 1.82) is 0 Å². The van der Waals surface area contributed by atoms with Crippen molar-refractivity contribution in [2.45, 2.75) is 64.6 Å². The van der Waals surface area contributed by atoms with Gasteiger partial charge in [-0.15, -0.1) is 0 Å². The summed E-state index contributed by atoms with van der Waals surface area (Å²) in [6, 6.07) is 4.03. The summed E-state index contributed by atoms with van der Waals surface area (Å²) in [7, 11) is 0. The molecule has 5 nitrogen and oxygen atoms in total. The van der Waals surface area contributed by atoms with Gasteiger partial charge in [0.1, 0.15) is 17.6 Å². The zero-order valence-electron chi connectivity index (χ0n) is 14.0. The number of aliphatic hydroxyl groups is 1. The molecule has 1 N–H and O–H groups in total.